The van der Waals surface area contributed by atoms with Gasteiger partial charge in [-0.1, -0.05) is 140 Å². The molecule has 0 aliphatic heterocycles. The Labute approximate surface area is 401 Å². The normalized spacial score (nSPS) is 21.7. The van der Waals surface area contributed by atoms with Crippen molar-refractivity contribution in [3.8, 4) is 0 Å². The van der Waals surface area contributed by atoms with Crippen LogP contribution in [-0.4, -0.2) is 46.3 Å². The van der Waals surface area contributed by atoms with E-state index >= 15 is 0 Å². The zero-order valence-corrected chi connectivity index (χ0v) is 46.8. The number of hydrogen-bond acceptors (Lipinski definition) is 5. The highest BCUT2D eigenvalue weighted by Gasteiger charge is 2.52. The molecule has 1 saturated carbocycles. The number of carbonyl (C=O) groups is 3. The van der Waals surface area contributed by atoms with E-state index in [1.54, 1.807) is 0 Å². The number of Topliss-reactive ketones (excluding diaryl/α,β-unsaturated/α-hetero) is 2. The van der Waals surface area contributed by atoms with Crippen molar-refractivity contribution in [3.05, 3.63) is 47.5 Å². The second-order valence-corrected chi connectivity index (χ2v) is 28.7. The Morgan fingerprint density at radius 2 is 1.22 bits per heavy atom. The highest BCUT2D eigenvalue weighted by atomic mass is 16.5. The Hall–Kier alpha value is -2.31. The van der Waals surface area contributed by atoms with E-state index in [1.165, 1.54) is 18.1 Å². The number of allylic oxidation sites excluding steroid dienone is 2. The summed E-state index contributed by atoms with van der Waals surface area (Å²) in [5.74, 6) is 1.16. The smallest absolute Gasteiger partial charge is 0.226 e. The van der Waals surface area contributed by atoms with Gasteiger partial charge in [-0.25, -0.2) is 0 Å². The molecule has 1 amide bonds. The summed E-state index contributed by atoms with van der Waals surface area (Å²) in [6, 6.07) is 8.94. The fourth-order valence-corrected chi connectivity index (χ4v) is 12.8. The SMILES string of the molecule is CC(=O)CC(=O)C1(C)CCC(C)(c2ccc(C(C)(C)CC(C)(C)NC(=O)C(C)(C)CC(C)(C)C(C)(C)OCCC(C)(C3C=C3)C(C)(C)CC(C)(C)NC(C)(C)CC(C)(C)C(C)C)cc2)C1. The van der Waals surface area contributed by atoms with E-state index in [4.69, 9.17) is 4.74 Å². The molecule has 3 atom stereocenters. The van der Waals surface area contributed by atoms with Gasteiger partial charge in [-0.15, -0.1) is 0 Å². The second-order valence-electron chi connectivity index (χ2n) is 28.7. The Bertz CT molecular complexity index is 1860. The van der Waals surface area contributed by atoms with Crippen LogP contribution in [0.2, 0.25) is 0 Å². The predicted molar refractivity (Wildman–Crippen MR) is 276 cm³/mol. The first-order valence-electron chi connectivity index (χ1n) is 25.5. The average molecular weight is 903 g/mol. The van der Waals surface area contributed by atoms with Gasteiger partial charge < -0.3 is 15.4 Å². The lowest BCUT2D eigenvalue weighted by molar-refractivity contribution is -0.143. The third-order valence-electron chi connectivity index (χ3n) is 17.7. The van der Waals surface area contributed by atoms with E-state index in [0.717, 1.165) is 44.9 Å². The highest BCUT2D eigenvalue weighted by Crippen LogP contribution is 2.57. The van der Waals surface area contributed by atoms with Crippen LogP contribution in [-0.2, 0) is 30.0 Å². The second kappa shape index (κ2) is 18.9. The summed E-state index contributed by atoms with van der Waals surface area (Å²) in [7, 11) is 0. The topological polar surface area (TPSA) is 84.5 Å². The van der Waals surface area contributed by atoms with E-state index in [9.17, 15) is 14.4 Å². The summed E-state index contributed by atoms with van der Waals surface area (Å²) in [4.78, 5) is 39.1. The summed E-state index contributed by atoms with van der Waals surface area (Å²) in [6.07, 6.45) is 11.8. The van der Waals surface area contributed by atoms with Crippen LogP contribution in [0.15, 0.2) is 36.4 Å². The van der Waals surface area contributed by atoms with Gasteiger partial charge in [-0.2, -0.15) is 0 Å². The van der Waals surface area contributed by atoms with Crippen molar-refractivity contribution in [1.82, 2.24) is 10.6 Å². The number of ether oxygens (including phenoxy) is 1. The number of carbonyl (C=O) groups excluding carboxylic acids is 3. The molecule has 0 saturated heterocycles. The summed E-state index contributed by atoms with van der Waals surface area (Å²) in [5.41, 5.74) is 0.106. The third kappa shape index (κ3) is 14.1. The number of benzene rings is 1. The minimum absolute atomic E-state index is 0.00717. The van der Waals surface area contributed by atoms with Gasteiger partial charge in [0.05, 0.1) is 12.0 Å². The van der Waals surface area contributed by atoms with Crippen molar-refractivity contribution in [2.75, 3.05) is 6.61 Å². The summed E-state index contributed by atoms with van der Waals surface area (Å²) in [6.45, 7) is 54.8. The van der Waals surface area contributed by atoms with Gasteiger partial charge in [-0.3, -0.25) is 14.4 Å². The average Bonchev–Trinajstić information content (AvgIpc) is 3.89. The lowest BCUT2D eigenvalue weighted by atomic mass is 9.57. The fraction of sp³-hybridized carbons (Fsp3) is 0.814. The monoisotopic (exact) mass is 903 g/mol. The molecule has 0 aromatic heterocycles. The molecule has 2 aliphatic rings. The summed E-state index contributed by atoms with van der Waals surface area (Å²) in [5, 5.41) is 7.61. The van der Waals surface area contributed by atoms with Crippen LogP contribution >= 0.6 is 0 Å². The van der Waals surface area contributed by atoms with Gasteiger partial charge >= 0.3 is 0 Å². The minimum Gasteiger partial charge on any atom is -0.375 e. The van der Waals surface area contributed by atoms with Crippen molar-refractivity contribution in [1.29, 1.82) is 0 Å². The zero-order chi connectivity index (χ0) is 50.5. The van der Waals surface area contributed by atoms with Crippen LogP contribution in [0.3, 0.4) is 0 Å². The molecular formula is C59H102N2O4. The minimum atomic E-state index is -0.630. The first-order chi connectivity index (χ1) is 28.9. The molecule has 1 fully saturated rings. The fourth-order valence-electron chi connectivity index (χ4n) is 12.8. The van der Waals surface area contributed by atoms with E-state index in [-0.39, 0.29) is 67.5 Å². The molecule has 1 aromatic carbocycles. The van der Waals surface area contributed by atoms with E-state index in [1.807, 2.05) is 6.92 Å². The van der Waals surface area contributed by atoms with Gasteiger partial charge in [0.25, 0.3) is 0 Å². The number of hydrogen-bond donors (Lipinski definition) is 2. The quantitative estimate of drug-likeness (QED) is 0.0754. The molecule has 2 aliphatic carbocycles. The predicted octanol–water partition coefficient (Wildman–Crippen LogP) is 14.7. The molecule has 2 N–H and O–H groups in total. The molecule has 1 aromatic rings. The van der Waals surface area contributed by atoms with Gasteiger partial charge in [0.2, 0.25) is 5.91 Å². The van der Waals surface area contributed by atoms with Crippen molar-refractivity contribution in [2.45, 2.75) is 257 Å². The molecule has 0 heterocycles. The molecule has 0 spiro atoms. The largest absolute Gasteiger partial charge is 0.375 e. The zero-order valence-electron chi connectivity index (χ0n) is 46.8. The van der Waals surface area contributed by atoms with Gasteiger partial charge in [0.1, 0.15) is 11.6 Å². The van der Waals surface area contributed by atoms with Crippen LogP contribution in [0.4, 0.5) is 0 Å². The van der Waals surface area contributed by atoms with Gasteiger partial charge in [0, 0.05) is 40.0 Å². The Morgan fingerprint density at radius 1 is 0.692 bits per heavy atom. The Balaban J connectivity index is 1.65. The van der Waals surface area contributed by atoms with Crippen LogP contribution in [0, 0.1) is 44.3 Å². The Kier molecular flexibility index (Phi) is 16.6. The summed E-state index contributed by atoms with van der Waals surface area (Å²) < 4.78 is 6.97. The first-order valence-corrected chi connectivity index (χ1v) is 25.5. The molecule has 372 valence electrons. The van der Waals surface area contributed by atoms with E-state index in [0.29, 0.717) is 24.9 Å². The number of nitrogens with one attached hydrogen (secondary N) is 2. The number of amides is 1. The molecule has 65 heavy (non-hydrogen) atoms. The van der Waals surface area contributed by atoms with E-state index in [2.05, 4.69) is 199 Å². The highest BCUT2D eigenvalue weighted by molar-refractivity contribution is 6.00. The molecule has 3 rings (SSSR count). The molecule has 6 heteroatoms. The maximum atomic E-state index is 14.3. The van der Waals surface area contributed by atoms with Crippen LogP contribution < -0.4 is 10.6 Å². The standard InChI is InChI=1S/C59H102N2O4/c1-41(2)48(4,5)37-54(16,17)61-55(18,19)39-52(12,13)59(24,45-29-30-45)33-34-65-56(20,21)51(10,11)36-50(8,9)47(64)60-53(14,15)38-49(6,7)43-25-27-44(28-26-43)57(22)31-32-58(23,40-57)46(63)35-42(3)62/h25-30,41,45,61H,31-40H2,1-24H3,(H,60,64). The number of ketones is 2. The van der Waals surface area contributed by atoms with Crippen LogP contribution in [0.25, 0.3) is 0 Å². The molecule has 0 radical (unpaired) electrons. The molecule has 0 bridgehead atoms. The van der Waals surface area contributed by atoms with Crippen molar-refractivity contribution in [2.24, 2.45) is 44.3 Å². The summed E-state index contributed by atoms with van der Waals surface area (Å²) >= 11 is 0. The lowest BCUT2D eigenvalue weighted by Crippen LogP contribution is -2.57. The lowest BCUT2D eigenvalue weighted by Gasteiger charge is -2.52. The Morgan fingerprint density at radius 3 is 1.71 bits per heavy atom. The van der Waals surface area contributed by atoms with E-state index < -0.39 is 22.0 Å². The molecule has 3 unspecified atom stereocenters. The maximum absolute atomic E-state index is 14.3. The van der Waals surface area contributed by atoms with Gasteiger partial charge in [0.15, 0.2) is 0 Å². The van der Waals surface area contributed by atoms with Gasteiger partial charge in [-0.05, 0) is 163 Å². The number of rotatable bonds is 25. The van der Waals surface area contributed by atoms with Crippen LogP contribution in [0.5, 0.6) is 0 Å². The first kappa shape index (κ1) is 57.0. The third-order valence-corrected chi connectivity index (χ3v) is 17.7. The molecular weight excluding hydrogens is 801 g/mol. The van der Waals surface area contributed by atoms with Crippen molar-refractivity contribution in [3.63, 3.8) is 0 Å². The van der Waals surface area contributed by atoms with Crippen molar-refractivity contribution >= 4 is 17.5 Å². The molecule has 6 nitrogen and oxygen atoms in total. The van der Waals surface area contributed by atoms with Crippen LogP contribution in [0.1, 0.15) is 235 Å². The maximum Gasteiger partial charge on any atom is 0.226 e. The van der Waals surface area contributed by atoms with Crippen molar-refractivity contribution < 1.29 is 19.1 Å².